The van der Waals surface area contributed by atoms with Gasteiger partial charge in [0.15, 0.2) is 0 Å². The number of nitrogens with one attached hydrogen (secondary N) is 1. The van der Waals surface area contributed by atoms with Gasteiger partial charge >= 0.3 is 0 Å². The number of benzene rings is 2. The second-order valence-electron chi connectivity index (χ2n) is 5.11. The molecule has 2 aromatic carbocycles. The molecular weight excluding hydrogens is 296 g/mol. The van der Waals surface area contributed by atoms with Crippen molar-refractivity contribution < 1.29 is 9.53 Å². The highest BCUT2D eigenvalue weighted by atomic mass is 32.1. The van der Waals surface area contributed by atoms with E-state index in [0.717, 1.165) is 11.3 Å². The molecule has 4 nitrogen and oxygen atoms in total. The molecule has 1 N–H and O–H groups in total. The van der Waals surface area contributed by atoms with E-state index in [0.29, 0.717) is 16.5 Å². The number of amides is 1. The lowest BCUT2D eigenvalue weighted by molar-refractivity contribution is 0.102. The van der Waals surface area contributed by atoms with Gasteiger partial charge in [0.05, 0.1) is 0 Å². The summed E-state index contributed by atoms with van der Waals surface area (Å²) in [6.07, 6.45) is 0. The lowest BCUT2D eigenvalue weighted by Crippen LogP contribution is -2.25. The lowest BCUT2D eigenvalue weighted by atomic mass is 10.2. The zero-order chi connectivity index (χ0) is 16.1. The van der Waals surface area contributed by atoms with Gasteiger partial charge in [0.1, 0.15) is 5.75 Å². The van der Waals surface area contributed by atoms with Crippen LogP contribution in [0.5, 0.6) is 5.75 Å². The van der Waals surface area contributed by atoms with Gasteiger partial charge in [0.2, 0.25) is 0 Å². The SMILES string of the molecule is Cc1cccc(NC(=O)c2ccc(OC(=S)N(C)C)cc2)c1. The fourth-order valence-electron chi connectivity index (χ4n) is 1.79. The number of hydrogen-bond acceptors (Lipinski definition) is 3. The summed E-state index contributed by atoms with van der Waals surface area (Å²) >= 11 is 5.07. The molecule has 0 spiro atoms. The first kappa shape index (κ1) is 16.0. The molecule has 114 valence electrons. The first-order valence-electron chi connectivity index (χ1n) is 6.83. The van der Waals surface area contributed by atoms with Gasteiger partial charge in [-0.15, -0.1) is 0 Å². The van der Waals surface area contributed by atoms with E-state index in [1.54, 1.807) is 29.2 Å². The Balaban J connectivity index is 2.03. The Morgan fingerprint density at radius 3 is 2.41 bits per heavy atom. The molecule has 1 amide bonds. The number of nitrogens with zero attached hydrogens (tertiary/aromatic N) is 1. The summed E-state index contributed by atoms with van der Waals surface area (Å²) < 4.78 is 5.47. The summed E-state index contributed by atoms with van der Waals surface area (Å²) in [7, 11) is 3.62. The van der Waals surface area contributed by atoms with Crippen LogP contribution in [0.2, 0.25) is 0 Å². The predicted octanol–water partition coefficient (Wildman–Crippen LogP) is 3.47. The minimum Gasteiger partial charge on any atom is -0.432 e. The zero-order valence-electron chi connectivity index (χ0n) is 12.8. The van der Waals surface area contributed by atoms with Gasteiger partial charge in [-0.1, -0.05) is 12.1 Å². The smallest absolute Gasteiger partial charge is 0.264 e. The van der Waals surface area contributed by atoms with Crippen LogP contribution < -0.4 is 10.1 Å². The van der Waals surface area contributed by atoms with E-state index in [1.807, 2.05) is 45.3 Å². The number of carbonyl (C=O) groups is 1. The van der Waals surface area contributed by atoms with E-state index < -0.39 is 0 Å². The first-order valence-corrected chi connectivity index (χ1v) is 7.24. The third-order valence-corrected chi connectivity index (χ3v) is 3.41. The van der Waals surface area contributed by atoms with Crippen molar-refractivity contribution in [2.75, 3.05) is 19.4 Å². The Bertz CT molecular complexity index is 681. The highest BCUT2D eigenvalue weighted by Crippen LogP contribution is 2.15. The van der Waals surface area contributed by atoms with E-state index in [9.17, 15) is 4.79 Å². The summed E-state index contributed by atoms with van der Waals surface area (Å²) in [6, 6.07) is 14.5. The molecule has 2 rings (SSSR count). The van der Waals surface area contributed by atoms with E-state index in [1.165, 1.54) is 0 Å². The molecule has 0 saturated heterocycles. The molecule has 0 unspecified atom stereocenters. The van der Waals surface area contributed by atoms with Gasteiger partial charge in [0.25, 0.3) is 11.1 Å². The van der Waals surface area contributed by atoms with Gasteiger partial charge in [-0.25, -0.2) is 0 Å². The van der Waals surface area contributed by atoms with Crippen molar-refractivity contribution in [2.24, 2.45) is 0 Å². The van der Waals surface area contributed by atoms with Crippen molar-refractivity contribution in [1.29, 1.82) is 0 Å². The summed E-state index contributed by atoms with van der Waals surface area (Å²) in [4.78, 5) is 13.9. The largest absolute Gasteiger partial charge is 0.432 e. The quantitative estimate of drug-likeness (QED) is 0.881. The Morgan fingerprint density at radius 1 is 1.14 bits per heavy atom. The molecule has 0 fully saturated rings. The molecular formula is C17H18N2O2S. The van der Waals surface area contributed by atoms with Crippen LogP contribution in [0.15, 0.2) is 48.5 Å². The van der Waals surface area contributed by atoms with E-state index >= 15 is 0 Å². The van der Waals surface area contributed by atoms with Crippen LogP contribution in [0.1, 0.15) is 15.9 Å². The molecule has 22 heavy (non-hydrogen) atoms. The molecule has 0 aromatic heterocycles. The minimum absolute atomic E-state index is 0.160. The third-order valence-electron chi connectivity index (χ3n) is 2.96. The van der Waals surface area contributed by atoms with Crippen LogP contribution in [-0.4, -0.2) is 30.1 Å². The Labute approximate surface area is 135 Å². The van der Waals surface area contributed by atoms with Crippen molar-refractivity contribution in [1.82, 2.24) is 4.90 Å². The van der Waals surface area contributed by atoms with Gasteiger partial charge in [-0.05, 0) is 61.1 Å². The van der Waals surface area contributed by atoms with Crippen LogP contribution in [0.4, 0.5) is 5.69 Å². The van der Waals surface area contributed by atoms with Crippen molar-refractivity contribution in [2.45, 2.75) is 6.92 Å². The maximum Gasteiger partial charge on any atom is 0.264 e. The number of rotatable bonds is 3. The van der Waals surface area contributed by atoms with E-state index in [-0.39, 0.29) is 5.91 Å². The molecule has 0 saturated carbocycles. The fraction of sp³-hybridized carbons (Fsp3) is 0.176. The molecule has 0 aliphatic carbocycles. The topological polar surface area (TPSA) is 41.6 Å². The molecule has 0 heterocycles. The van der Waals surface area contributed by atoms with Crippen LogP contribution in [0.3, 0.4) is 0 Å². The summed E-state index contributed by atoms with van der Waals surface area (Å²) in [5.41, 5.74) is 2.43. The minimum atomic E-state index is -0.160. The monoisotopic (exact) mass is 314 g/mol. The second kappa shape index (κ2) is 7.04. The third kappa shape index (κ3) is 4.30. The fourth-order valence-corrected chi connectivity index (χ4v) is 1.89. The molecule has 0 bridgehead atoms. The molecule has 0 atom stereocenters. The standard InChI is InChI=1S/C17H18N2O2S/c1-12-5-4-6-14(11-12)18-16(20)13-7-9-15(10-8-13)21-17(22)19(2)3/h4-11H,1-3H3,(H,18,20). The van der Waals surface area contributed by atoms with Gasteiger partial charge in [-0.2, -0.15) is 0 Å². The van der Waals surface area contributed by atoms with E-state index in [2.05, 4.69) is 5.32 Å². The number of aryl methyl sites for hydroxylation is 1. The van der Waals surface area contributed by atoms with Crippen molar-refractivity contribution in [3.05, 3.63) is 59.7 Å². The summed E-state index contributed by atoms with van der Waals surface area (Å²) in [5, 5.41) is 3.24. The maximum atomic E-state index is 12.2. The van der Waals surface area contributed by atoms with Gasteiger partial charge in [0, 0.05) is 25.3 Å². The average Bonchev–Trinajstić information content (AvgIpc) is 2.47. The van der Waals surface area contributed by atoms with Crippen LogP contribution in [0, 0.1) is 6.92 Å². The number of anilines is 1. The molecule has 0 aliphatic rings. The molecule has 0 aliphatic heterocycles. The number of hydrogen-bond donors (Lipinski definition) is 1. The van der Waals surface area contributed by atoms with Crippen molar-refractivity contribution in [3.8, 4) is 5.75 Å². The first-order chi connectivity index (χ1) is 10.5. The molecule has 0 radical (unpaired) electrons. The maximum absolute atomic E-state index is 12.2. The van der Waals surface area contributed by atoms with E-state index in [4.69, 9.17) is 17.0 Å². The van der Waals surface area contributed by atoms with Crippen LogP contribution in [-0.2, 0) is 0 Å². The lowest BCUT2D eigenvalue weighted by Gasteiger charge is -2.14. The number of thiocarbonyl (C=S) groups is 1. The summed E-state index contributed by atoms with van der Waals surface area (Å²) in [6.45, 7) is 1.98. The Morgan fingerprint density at radius 2 is 1.82 bits per heavy atom. The number of ether oxygens (including phenoxy) is 1. The Hall–Kier alpha value is -2.40. The Kier molecular flexibility index (Phi) is 5.12. The highest BCUT2D eigenvalue weighted by molar-refractivity contribution is 7.80. The number of carbonyl (C=O) groups excluding carboxylic acids is 1. The average molecular weight is 314 g/mol. The predicted molar refractivity (Wildman–Crippen MR) is 92.5 cm³/mol. The highest BCUT2D eigenvalue weighted by Gasteiger charge is 2.08. The van der Waals surface area contributed by atoms with Crippen LogP contribution in [0.25, 0.3) is 0 Å². The van der Waals surface area contributed by atoms with Crippen LogP contribution >= 0.6 is 12.2 Å². The van der Waals surface area contributed by atoms with Crippen molar-refractivity contribution >= 4 is 29.0 Å². The van der Waals surface area contributed by atoms with Crippen molar-refractivity contribution in [3.63, 3.8) is 0 Å². The second-order valence-corrected chi connectivity index (χ2v) is 5.46. The zero-order valence-corrected chi connectivity index (χ0v) is 13.6. The molecule has 5 heteroatoms. The summed E-state index contributed by atoms with van der Waals surface area (Å²) in [5.74, 6) is 0.443. The van der Waals surface area contributed by atoms with Gasteiger partial charge < -0.3 is 15.0 Å². The van der Waals surface area contributed by atoms with Gasteiger partial charge in [-0.3, -0.25) is 4.79 Å². The normalized spacial score (nSPS) is 9.95. The molecule has 2 aromatic rings.